The first-order valence-electron chi connectivity index (χ1n) is 9.15. The zero-order valence-corrected chi connectivity index (χ0v) is 15.2. The number of alkyl halides is 3. The van der Waals surface area contributed by atoms with E-state index in [1.54, 1.807) is 0 Å². The van der Waals surface area contributed by atoms with Gasteiger partial charge in [0.15, 0.2) is 0 Å². The van der Waals surface area contributed by atoms with Gasteiger partial charge in [0.2, 0.25) is 0 Å². The van der Waals surface area contributed by atoms with Crippen molar-refractivity contribution in [2.24, 2.45) is 13.0 Å². The molecule has 3 aliphatic rings. The molecular weight excluding hydrogens is 363 g/mol. The van der Waals surface area contributed by atoms with Gasteiger partial charge in [0.05, 0.1) is 0 Å². The summed E-state index contributed by atoms with van der Waals surface area (Å²) in [5, 5.41) is 7.12. The number of aromatic nitrogens is 1. The van der Waals surface area contributed by atoms with Crippen LogP contribution in [0.1, 0.15) is 36.2 Å². The largest absolute Gasteiger partial charge is 0.490 e. The third-order valence-electron chi connectivity index (χ3n) is 5.55. The number of carboxylic acids is 1. The van der Waals surface area contributed by atoms with Crippen LogP contribution in [-0.2, 0) is 11.8 Å². The number of halogens is 3. The maximum absolute atomic E-state index is 12.7. The number of rotatable bonds is 3. The summed E-state index contributed by atoms with van der Waals surface area (Å²) in [6.07, 6.45) is 2.02. The summed E-state index contributed by atoms with van der Waals surface area (Å²) >= 11 is 0. The van der Waals surface area contributed by atoms with Crippen molar-refractivity contribution in [2.45, 2.75) is 43.9 Å². The molecule has 6 nitrogen and oxygen atoms in total. The molecule has 3 fully saturated rings. The second kappa shape index (κ2) is 7.53. The second-order valence-corrected chi connectivity index (χ2v) is 7.46. The number of hydrogen-bond acceptors (Lipinski definition) is 3. The number of amides is 1. The van der Waals surface area contributed by atoms with Crippen LogP contribution in [0.5, 0.6) is 0 Å². The van der Waals surface area contributed by atoms with Gasteiger partial charge >= 0.3 is 12.1 Å². The molecule has 1 aliphatic carbocycles. The summed E-state index contributed by atoms with van der Waals surface area (Å²) < 4.78 is 33.7. The standard InChI is InChI=1S/C16H23N3O.C2HF3O2/c1-17-8-2-3-15(17)16(20)19-10-7-13-14(19)6-9-18(13)11-12-4-5-12;3-2(4,5)1(6)7/h2-3,8,12-14H,4-7,9-11H2,1H3;(H,6,7)/t13-,14+;/m0./s1. The predicted octanol–water partition coefficient (Wildman–Crippen LogP) is 2.36. The molecule has 4 rings (SSSR count). The second-order valence-electron chi connectivity index (χ2n) is 7.46. The van der Waals surface area contributed by atoms with Crippen molar-refractivity contribution in [3.63, 3.8) is 0 Å². The molecule has 2 atom stereocenters. The van der Waals surface area contributed by atoms with Crippen LogP contribution in [0, 0.1) is 5.92 Å². The van der Waals surface area contributed by atoms with Gasteiger partial charge in [-0.15, -0.1) is 0 Å². The van der Waals surface area contributed by atoms with Crippen LogP contribution in [-0.4, -0.2) is 69.2 Å². The van der Waals surface area contributed by atoms with Crippen LogP contribution in [0.2, 0.25) is 0 Å². The highest BCUT2D eigenvalue weighted by atomic mass is 19.4. The van der Waals surface area contributed by atoms with E-state index in [-0.39, 0.29) is 5.91 Å². The lowest BCUT2D eigenvalue weighted by atomic mass is 10.1. The predicted molar refractivity (Wildman–Crippen MR) is 91.2 cm³/mol. The van der Waals surface area contributed by atoms with Gasteiger partial charge in [-0.2, -0.15) is 13.2 Å². The lowest BCUT2D eigenvalue weighted by molar-refractivity contribution is -0.192. The number of carbonyl (C=O) groups excluding carboxylic acids is 1. The summed E-state index contributed by atoms with van der Waals surface area (Å²) in [4.78, 5) is 26.4. The van der Waals surface area contributed by atoms with E-state index >= 15 is 0 Å². The third kappa shape index (κ3) is 4.45. The summed E-state index contributed by atoms with van der Waals surface area (Å²) in [6.45, 7) is 3.39. The normalized spacial score (nSPS) is 25.1. The molecule has 3 heterocycles. The lowest BCUT2D eigenvalue weighted by Crippen LogP contribution is -2.40. The first kappa shape index (κ1) is 19.7. The van der Waals surface area contributed by atoms with Gasteiger partial charge in [0, 0.05) is 45.0 Å². The lowest BCUT2D eigenvalue weighted by Gasteiger charge is -2.25. The monoisotopic (exact) mass is 387 g/mol. The molecule has 2 saturated heterocycles. The molecule has 1 saturated carbocycles. The van der Waals surface area contributed by atoms with Crippen molar-refractivity contribution in [1.29, 1.82) is 0 Å². The van der Waals surface area contributed by atoms with E-state index in [2.05, 4.69) is 9.80 Å². The molecule has 0 aromatic carbocycles. The Labute approximate surface area is 155 Å². The molecule has 1 aromatic rings. The zero-order valence-electron chi connectivity index (χ0n) is 15.2. The van der Waals surface area contributed by atoms with Gasteiger partial charge in [-0.25, -0.2) is 4.79 Å². The Hall–Kier alpha value is -2.03. The first-order valence-corrected chi connectivity index (χ1v) is 9.15. The van der Waals surface area contributed by atoms with Gasteiger partial charge in [0.1, 0.15) is 5.69 Å². The Balaban J connectivity index is 0.000000260. The van der Waals surface area contributed by atoms with E-state index in [1.807, 2.05) is 29.9 Å². The summed E-state index contributed by atoms with van der Waals surface area (Å²) in [6, 6.07) is 4.97. The molecule has 0 radical (unpaired) electrons. The molecule has 2 aliphatic heterocycles. The molecule has 27 heavy (non-hydrogen) atoms. The molecule has 0 spiro atoms. The quantitative estimate of drug-likeness (QED) is 0.865. The minimum Gasteiger partial charge on any atom is -0.475 e. The summed E-state index contributed by atoms with van der Waals surface area (Å²) in [5.41, 5.74) is 0.825. The number of carboxylic acid groups (broad SMARTS) is 1. The number of likely N-dealkylation sites (tertiary alicyclic amines) is 2. The molecular formula is C18H24F3N3O3. The van der Waals surface area contributed by atoms with Gasteiger partial charge in [-0.1, -0.05) is 0 Å². The van der Waals surface area contributed by atoms with E-state index in [1.165, 1.54) is 25.9 Å². The molecule has 0 unspecified atom stereocenters. The van der Waals surface area contributed by atoms with Crippen molar-refractivity contribution >= 4 is 11.9 Å². The topological polar surface area (TPSA) is 65.8 Å². The van der Waals surface area contributed by atoms with Crippen LogP contribution in [0.3, 0.4) is 0 Å². The molecule has 9 heteroatoms. The van der Waals surface area contributed by atoms with Crippen molar-refractivity contribution in [1.82, 2.24) is 14.4 Å². The highest BCUT2D eigenvalue weighted by Gasteiger charge is 2.45. The fourth-order valence-electron chi connectivity index (χ4n) is 4.02. The SMILES string of the molecule is Cn1cccc1C(=O)N1CC[C@H]2[C@H]1CCN2CC1CC1.O=C(O)C(F)(F)F. The number of nitrogens with zero attached hydrogens (tertiary/aromatic N) is 3. The molecule has 1 amide bonds. The van der Waals surface area contributed by atoms with E-state index in [9.17, 15) is 18.0 Å². The number of aliphatic carboxylic acids is 1. The summed E-state index contributed by atoms with van der Waals surface area (Å²) in [7, 11) is 1.95. The third-order valence-corrected chi connectivity index (χ3v) is 5.55. The van der Waals surface area contributed by atoms with E-state index < -0.39 is 12.1 Å². The van der Waals surface area contributed by atoms with Crippen LogP contribution >= 0.6 is 0 Å². The Bertz CT molecular complexity index is 700. The van der Waals surface area contributed by atoms with Crippen molar-refractivity contribution < 1.29 is 27.9 Å². The minimum absolute atomic E-state index is 0.221. The molecule has 1 N–H and O–H groups in total. The van der Waals surface area contributed by atoms with Crippen LogP contribution in [0.25, 0.3) is 0 Å². The highest BCUT2D eigenvalue weighted by molar-refractivity contribution is 5.93. The molecule has 0 bridgehead atoms. The maximum Gasteiger partial charge on any atom is 0.490 e. The van der Waals surface area contributed by atoms with Crippen molar-refractivity contribution in [3.05, 3.63) is 24.0 Å². The van der Waals surface area contributed by atoms with Crippen LogP contribution < -0.4 is 0 Å². The fraction of sp³-hybridized carbons (Fsp3) is 0.667. The number of aryl methyl sites for hydroxylation is 1. The van der Waals surface area contributed by atoms with Gasteiger partial charge in [-0.05, 0) is 43.7 Å². The fourth-order valence-corrected chi connectivity index (χ4v) is 4.02. The Morgan fingerprint density at radius 1 is 1.15 bits per heavy atom. The number of hydrogen-bond donors (Lipinski definition) is 1. The smallest absolute Gasteiger partial charge is 0.475 e. The molecule has 150 valence electrons. The first-order chi connectivity index (χ1) is 12.7. The molecule has 1 aromatic heterocycles. The highest BCUT2D eigenvalue weighted by Crippen LogP contribution is 2.37. The number of carbonyl (C=O) groups is 2. The summed E-state index contributed by atoms with van der Waals surface area (Å²) in [5.74, 6) is -1.59. The van der Waals surface area contributed by atoms with Gasteiger partial charge in [-0.3, -0.25) is 9.69 Å². The van der Waals surface area contributed by atoms with Gasteiger partial charge in [0.25, 0.3) is 5.91 Å². The number of fused-ring (bicyclic) bond motifs is 1. The Kier molecular flexibility index (Phi) is 5.50. The van der Waals surface area contributed by atoms with Crippen LogP contribution in [0.4, 0.5) is 13.2 Å². The Morgan fingerprint density at radius 3 is 2.30 bits per heavy atom. The van der Waals surface area contributed by atoms with E-state index in [4.69, 9.17) is 9.90 Å². The zero-order chi connectivity index (χ0) is 19.8. The average Bonchev–Trinajstić information content (AvgIpc) is 2.98. The Morgan fingerprint density at radius 2 is 1.78 bits per heavy atom. The minimum atomic E-state index is -5.08. The maximum atomic E-state index is 12.7. The van der Waals surface area contributed by atoms with Crippen molar-refractivity contribution in [2.75, 3.05) is 19.6 Å². The van der Waals surface area contributed by atoms with E-state index in [0.29, 0.717) is 12.1 Å². The average molecular weight is 387 g/mol. The van der Waals surface area contributed by atoms with E-state index in [0.717, 1.165) is 31.0 Å². The van der Waals surface area contributed by atoms with Gasteiger partial charge < -0.3 is 14.6 Å². The van der Waals surface area contributed by atoms with Crippen molar-refractivity contribution in [3.8, 4) is 0 Å². The van der Waals surface area contributed by atoms with Crippen LogP contribution in [0.15, 0.2) is 18.3 Å².